The highest BCUT2D eigenvalue weighted by Crippen LogP contribution is 2.18. The minimum Gasteiger partial charge on any atom is -0.465 e. The maximum Gasteiger partial charge on any atom is 0.337 e. The molecule has 0 saturated carbocycles. The number of nitrogen functional groups attached to an aromatic ring is 1. The van der Waals surface area contributed by atoms with Gasteiger partial charge in [-0.2, -0.15) is 0 Å². The summed E-state index contributed by atoms with van der Waals surface area (Å²) in [6.45, 7) is 1.52. The smallest absolute Gasteiger partial charge is 0.337 e. The van der Waals surface area contributed by atoms with Crippen molar-refractivity contribution in [2.75, 3.05) is 18.6 Å². The van der Waals surface area contributed by atoms with Gasteiger partial charge in [0.05, 0.1) is 23.3 Å². The Morgan fingerprint density at radius 3 is 2.50 bits per heavy atom. The fraction of sp³-hybridized carbons (Fsp3) is 0.300. The zero-order valence-electron chi connectivity index (χ0n) is 9.06. The molecule has 5 nitrogen and oxygen atoms in total. The lowest BCUT2D eigenvalue weighted by atomic mass is 10.2. The highest BCUT2D eigenvalue weighted by molar-refractivity contribution is 7.91. The Labute approximate surface area is 94.1 Å². The topological polar surface area (TPSA) is 86.5 Å². The lowest BCUT2D eigenvalue weighted by Gasteiger charge is -2.06. The van der Waals surface area contributed by atoms with Crippen molar-refractivity contribution in [3.63, 3.8) is 0 Å². The SMILES string of the molecule is CCS(=O)(=O)c1cc(N)cc(C(=O)OC)c1. The van der Waals surface area contributed by atoms with Crippen LogP contribution in [-0.2, 0) is 14.6 Å². The molecule has 0 spiro atoms. The summed E-state index contributed by atoms with van der Waals surface area (Å²) in [6.07, 6.45) is 0. The Kier molecular flexibility index (Phi) is 3.54. The van der Waals surface area contributed by atoms with Crippen LogP contribution in [0.1, 0.15) is 17.3 Å². The average Bonchev–Trinajstić information content (AvgIpc) is 2.27. The molecular formula is C10H13NO4S. The predicted molar refractivity (Wildman–Crippen MR) is 59.9 cm³/mol. The predicted octanol–water partition coefficient (Wildman–Crippen LogP) is 0.849. The van der Waals surface area contributed by atoms with Gasteiger partial charge < -0.3 is 10.5 Å². The summed E-state index contributed by atoms with van der Waals surface area (Å²) in [5.41, 5.74) is 5.88. The Morgan fingerprint density at radius 1 is 1.38 bits per heavy atom. The van der Waals surface area contributed by atoms with Crippen molar-refractivity contribution in [3.05, 3.63) is 23.8 Å². The summed E-state index contributed by atoms with van der Waals surface area (Å²) < 4.78 is 27.7. The zero-order chi connectivity index (χ0) is 12.3. The van der Waals surface area contributed by atoms with E-state index in [1.807, 2.05) is 0 Å². The summed E-state index contributed by atoms with van der Waals surface area (Å²) in [4.78, 5) is 11.3. The molecule has 0 amide bonds. The molecule has 1 aromatic rings. The van der Waals surface area contributed by atoms with Crippen molar-refractivity contribution in [2.24, 2.45) is 0 Å². The molecule has 6 heteroatoms. The minimum atomic E-state index is -3.37. The second-order valence-corrected chi connectivity index (χ2v) is 5.46. The normalized spacial score (nSPS) is 11.1. The molecule has 0 heterocycles. The van der Waals surface area contributed by atoms with E-state index in [-0.39, 0.29) is 21.9 Å². The van der Waals surface area contributed by atoms with E-state index in [0.717, 1.165) is 0 Å². The molecule has 0 saturated heterocycles. The van der Waals surface area contributed by atoms with Crippen LogP contribution in [0.4, 0.5) is 5.69 Å². The summed E-state index contributed by atoms with van der Waals surface area (Å²) in [5, 5.41) is 0. The van der Waals surface area contributed by atoms with Crippen LogP contribution in [-0.4, -0.2) is 27.2 Å². The van der Waals surface area contributed by atoms with Crippen LogP contribution in [0.2, 0.25) is 0 Å². The number of carbonyl (C=O) groups is 1. The molecule has 0 unspecified atom stereocenters. The van der Waals surface area contributed by atoms with Crippen LogP contribution in [0, 0.1) is 0 Å². The van der Waals surface area contributed by atoms with Crippen molar-refractivity contribution in [1.82, 2.24) is 0 Å². The van der Waals surface area contributed by atoms with Gasteiger partial charge in [-0.1, -0.05) is 6.92 Å². The lowest BCUT2D eigenvalue weighted by Crippen LogP contribution is -2.08. The first kappa shape index (κ1) is 12.5. The van der Waals surface area contributed by atoms with Crippen molar-refractivity contribution >= 4 is 21.5 Å². The van der Waals surface area contributed by atoms with Gasteiger partial charge in [-0.3, -0.25) is 0 Å². The molecular weight excluding hydrogens is 230 g/mol. The number of esters is 1. The Morgan fingerprint density at radius 2 is 2.00 bits per heavy atom. The molecule has 0 radical (unpaired) electrons. The number of benzene rings is 1. The maximum atomic E-state index is 11.6. The van der Waals surface area contributed by atoms with Crippen LogP contribution >= 0.6 is 0 Å². The fourth-order valence-corrected chi connectivity index (χ4v) is 2.16. The van der Waals surface area contributed by atoms with Crippen molar-refractivity contribution in [1.29, 1.82) is 0 Å². The lowest BCUT2D eigenvalue weighted by molar-refractivity contribution is 0.0600. The van der Waals surface area contributed by atoms with E-state index in [0.29, 0.717) is 0 Å². The number of hydrogen-bond donors (Lipinski definition) is 1. The summed E-state index contributed by atoms with van der Waals surface area (Å²) in [7, 11) is -2.15. The van der Waals surface area contributed by atoms with Gasteiger partial charge in [-0.15, -0.1) is 0 Å². The van der Waals surface area contributed by atoms with Gasteiger partial charge in [-0.25, -0.2) is 13.2 Å². The molecule has 0 aliphatic carbocycles. The molecule has 1 rings (SSSR count). The number of carbonyl (C=O) groups excluding carboxylic acids is 1. The molecule has 16 heavy (non-hydrogen) atoms. The number of rotatable bonds is 3. The van der Waals surface area contributed by atoms with E-state index in [1.54, 1.807) is 0 Å². The van der Waals surface area contributed by atoms with Crippen LogP contribution in [0.3, 0.4) is 0 Å². The molecule has 0 aromatic heterocycles. The first-order valence-electron chi connectivity index (χ1n) is 4.62. The van der Waals surface area contributed by atoms with E-state index in [4.69, 9.17) is 5.73 Å². The second kappa shape index (κ2) is 4.52. The highest BCUT2D eigenvalue weighted by atomic mass is 32.2. The Bertz CT molecular complexity index is 508. The largest absolute Gasteiger partial charge is 0.465 e. The van der Waals surface area contributed by atoms with Gasteiger partial charge in [0.15, 0.2) is 9.84 Å². The molecule has 2 N–H and O–H groups in total. The molecule has 0 aliphatic rings. The second-order valence-electron chi connectivity index (χ2n) is 3.19. The van der Waals surface area contributed by atoms with E-state index < -0.39 is 15.8 Å². The minimum absolute atomic E-state index is 0.0374. The van der Waals surface area contributed by atoms with Crippen LogP contribution < -0.4 is 5.73 Å². The van der Waals surface area contributed by atoms with Gasteiger partial charge in [0.25, 0.3) is 0 Å². The van der Waals surface area contributed by atoms with E-state index in [1.165, 1.54) is 32.2 Å². The third kappa shape index (κ3) is 2.52. The standard InChI is InChI=1S/C10H13NO4S/c1-3-16(13,14)9-5-7(10(12)15-2)4-8(11)6-9/h4-6H,3,11H2,1-2H3. The molecule has 0 atom stereocenters. The zero-order valence-corrected chi connectivity index (χ0v) is 9.87. The number of ether oxygens (including phenoxy) is 1. The number of anilines is 1. The number of nitrogens with two attached hydrogens (primary N) is 1. The highest BCUT2D eigenvalue weighted by Gasteiger charge is 2.16. The van der Waals surface area contributed by atoms with Crippen LogP contribution in [0.15, 0.2) is 23.1 Å². The number of methoxy groups -OCH3 is 1. The summed E-state index contributed by atoms with van der Waals surface area (Å²) >= 11 is 0. The van der Waals surface area contributed by atoms with Crippen LogP contribution in [0.5, 0.6) is 0 Å². The van der Waals surface area contributed by atoms with E-state index in [9.17, 15) is 13.2 Å². The third-order valence-electron chi connectivity index (χ3n) is 2.09. The first-order valence-corrected chi connectivity index (χ1v) is 6.27. The van der Waals surface area contributed by atoms with Crippen molar-refractivity contribution < 1.29 is 17.9 Å². The van der Waals surface area contributed by atoms with Crippen LogP contribution in [0.25, 0.3) is 0 Å². The van der Waals surface area contributed by atoms with Gasteiger partial charge in [0, 0.05) is 5.69 Å². The summed E-state index contributed by atoms with van der Waals surface area (Å²) in [6, 6.07) is 3.97. The average molecular weight is 243 g/mol. The Balaban J connectivity index is 3.34. The van der Waals surface area contributed by atoms with Crippen molar-refractivity contribution in [3.8, 4) is 0 Å². The van der Waals surface area contributed by atoms with Crippen molar-refractivity contribution in [2.45, 2.75) is 11.8 Å². The quantitative estimate of drug-likeness (QED) is 0.628. The van der Waals surface area contributed by atoms with Gasteiger partial charge >= 0.3 is 5.97 Å². The van der Waals surface area contributed by atoms with Gasteiger partial charge in [-0.05, 0) is 18.2 Å². The number of hydrogen-bond acceptors (Lipinski definition) is 5. The molecule has 0 aliphatic heterocycles. The fourth-order valence-electron chi connectivity index (χ4n) is 1.20. The van der Waals surface area contributed by atoms with E-state index >= 15 is 0 Å². The first-order chi connectivity index (χ1) is 7.40. The molecule has 0 bridgehead atoms. The molecule has 88 valence electrons. The summed E-state index contributed by atoms with van der Waals surface area (Å²) in [5.74, 6) is -0.656. The monoisotopic (exact) mass is 243 g/mol. The third-order valence-corrected chi connectivity index (χ3v) is 3.80. The van der Waals surface area contributed by atoms with Gasteiger partial charge in [0.1, 0.15) is 0 Å². The van der Waals surface area contributed by atoms with Gasteiger partial charge in [0.2, 0.25) is 0 Å². The maximum absolute atomic E-state index is 11.6. The van der Waals surface area contributed by atoms with E-state index in [2.05, 4.69) is 4.74 Å². The Hall–Kier alpha value is -1.56. The number of sulfone groups is 1. The molecule has 1 aromatic carbocycles. The molecule has 0 fully saturated rings.